The maximum absolute atomic E-state index is 2.49. The van der Waals surface area contributed by atoms with E-state index in [1.807, 2.05) is 0 Å². The van der Waals surface area contributed by atoms with E-state index in [0.29, 0.717) is 7.92 Å². The smallest absolute Gasteiger partial charge is 0.0328 e. The molecule has 16 heavy (non-hydrogen) atoms. The van der Waals surface area contributed by atoms with Crippen LogP contribution in [0.25, 0.3) is 0 Å². The van der Waals surface area contributed by atoms with Gasteiger partial charge in [0.05, 0.1) is 0 Å². The zero-order chi connectivity index (χ0) is 12.1. The molecular weight excluding hydrogens is 211 g/mol. The summed E-state index contributed by atoms with van der Waals surface area (Å²) in [5, 5.41) is 0. The van der Waals surface area contributed by atoms with E-state index in [1.54, 1.807) is 0 Å². The number of rotatable bonds is 12. The third-order valence-electron chi connectivity index (χ3n) is 3.29. The molecule has 0 spiro atoms. The number of unbranched alkanes of at least 4 members (excludes halogenated alkanes) is 8. The van der Waals surface area contributed by atoms with Gasteiger partial charge in [-0.05, 0) is 31.8 Å². The molecule has 1 heteroatoms. The van der Waals surface area contributed by atoms with Gasteiger partial charge in [0.2, 0.25) is 0 Å². The predicted octanol–water partition coefficient (Wildman–Crippen LogP) is 6.04. The lowest BCUT2D eigenvalue weighted by Crippen LogP contribution is -1.89. The Labute approximate surface area is 105 Å². The number of hydrogen-bond acceptors (Lipinski definition) is 0. The van der Waals surface area contributed by atoms with Crippen molar-refractivity contribution in [2.45, 2.75) is 78.1 Å². The summed E-state index contributed by atoms with van der Waals surface area (Å²) in [7, 11) is 0.383. The third kappa shape index (κ3) is 12.5. The first-order valence-electron chi connectivity index (χ1n) is 7.49. The van der Waals surface area contributed by atoms with Crippen LogP contribution in [0, 0.1) is 0 Å². The van der Waals surface area contributed by atoms with Crippen LogP contribution in [0.4, 0.5) is 0 Å². The molecule has 0 bridgehead atoms. The molecule has 1 unspecified atom stereocenters. The first-order chi connectivity index (χ1) is 7.81. The van der Waals surface area contributed by atoms with Gasteiger partial charge in [-0.1, -0.05) is 65.2 Å². The van der Waals surface area contributed by atoms with E-state index in [4.69, 9.17) is 0 Å². The zero-order valence-electron chi connectivity index (χ0n) is 11.9. The average molecular weight is 244 g/mol. The Morgan fingerprint density at radius 3 is 1.56 bits per heavy atom. The molecule has 0 nitrogen and oxygen atoms in total. The SMILES string of the molecule is CCCCCCCCCCP(C)CCCC. The molecule has 1 atom stereocenters. The molecule has 0 aromatic carbocycles. The lowest BCUT2D eigenvalue weighted by atomic mass is 10.1. The van der Waals surface area contributed by atoms with E-state index in [0.717, 1.165) is 0 Å². The normalized spacial score (nSPS) is 12.9. The van der Waals surface area contributed by atoms with Gasteiger partial charge >= 0.3 is 0 Å². The highest BCUT2D eigenvalue weighted by atomic mass is 31.1. The molecule has 0 aromatic heterocycles. The first kappa shape index (κ1) is 16.4. The van der Waals surface area contributed by atoms with Crippen molar-refractivity contribution >= 4 is 7.92 Å². The Morgan fingerprint density at radius 2 is 1.00 bits per heavy atom. The molecule has 0 aliphatic carbocycles. The summed E-state index contributed by atoms with van der Waals surface area (Å²) in [5.41, 5.74) is 0. The highest BCUT2D eigenvalue weighted by molar-refractivity contribution is 7.56. The Morgan fingerprint density at radius 1 is 0.562 bits per heavy atom. The Kier molecular flexibility index (Phi) is 13.9. The summed E-state index contributed by atoms with van der Waals surface area (Å²) in [5.74, 6) is 0. The Bertz CT molecular complexity index is 123. The molecule has 0 heterocycles. The second-order valence-corrected chi connectivity index (χ2v) is 7.74. The third-order valence-corrected chi connectivity index (χ3v) is 5.45. The largest absolute Gasteiger partial charge is 0.110 e. The topological polar surface area (TPSA) is 0 Å². The Balaban J connectivity index is 3.02. The van der Waals surface area contributed by atoms with Crippen molar-refractivity contribution in [2.24, 2.45) is 0 Å². The van der Waals surface area contributed by atoms with Gasteiger partial charge < -0.3 is 0 Å². The fraction of sp³-hybridized carbons (Fsp3) is 1.00. The lowest BCUT2D eigenvalue weighted by molar-refractivity contribution is 0.586. The molecule has 0 saturated carbocycles. The van der Waals surface area contributed by atoms with Crippen molar-refractivity contribution in [2.75, 3.05) is 19.0 Å². The molecule has 0 saturated heterocycles. The summed E-state index contributed by atoms with van der Waals surface area (Å²) in [6.07, 6.45) is 17.6. The summed E-state index contributed by atoms with van der Waals surface area (Å²) >= 11 is 0. The van der Waals surface area contributed by atoms with Crippen molar-refractivity contribution in [1.82, 2.24) is 0 Å². The minimum atomic E-state index is 0.383. The van der Waals surface area contributed by atoms with Gasteiger partial charge in [0, 0.05) is 0 Å². The van der Waals surface area contributed by atoms with Crippen molar-refractivity contribution in [1.29, 1.82) is 0 Å². The van der Waals surface area contributed by atoms with Crippen molar-refractivity contribution in [3.05, 3.63) is 0 Å². The second kappa shape index (κ2) is 13.5. The fourth-order valence-electron chi connectivity index (χ4n) is 2.06. The summed E-state index contributed by atoms with van der Waals surface area (Å²) in [4.78, 5) is 0. The van der Waals surface area contributed by atoms with Gasteiger partial charge in [-0.15, -0.1) is 7.92 Å². The van der Waals surface area contributed by atoms with Crippen LogP contribution in [0.2, 0.25) is 0 Å². The molecular formula is C15H33P. The van der Waals surface area contributed by atoms with Gasteiger partial charge in [0.15, 0.2) is 0 Å². The van der Waals surface area contributed by atoms with Crippen molar-refractivity contribution < 1.29 is 0 Å². The maximum Gasteiger partial charge on any atom is -0.0328 e. The molecule has 0 aromatic rings. The van der Waals surface area contributed by atoms with Gasteiger partial charge in [0.1, 0.15) is 0 Å². The molecule has 0 aliphatic heterocycles. The van der Waals surface area contributed by atoms with E-state index >= 15 is 0 Å². The highest BCUT2D eigenvalue weighted by Crippen LogP contribution is 2.33. The minimum Gasteiger partial charge on any atom is -0.110 e. The summed E-state index contributed by atoms with van der Waals surface area (Å²) in [6, 6.07) is 0. The molecule has 0 fully saturated rings. The van der Waals surface area contributed by atoms with Crippen LogP contribution in [-0.2, 0) is 0 Å². The van der Waals surface area contributed by atoms with E-state index in [2.05, 4.69) is 20.5 Å². The fourth-order valence-corrected chi connectivity index (χ4v) is 3.90. The molecule has 98 valence electrons. The first-order valence-corrected chi connectivity index (χ1v) is 9.65. The molecule has 0 rings (SSSR count). The Hall–Kier alpha value is 0.430. The van der Waals surface area contributed by atoms with Crippen molar-refractivity contribution in [3.8, 4) is 0 Å². The van der Waals surface area contributed by atoms with Crippen LogP contribution in [0.3, 0.4) is 0 Å². The molecule has 0 aliphatic rings. The van der Waals surface area contributed by atoms with E-state index in [9.17, 15) is 0 Å². The van der Waals surface area contributed by atoms with Gasteiger partial charge in [0.25, 0.3) is 0 Å². The predicted molar refractivity (Wildman–Crippen MR) is 80.1 cm³/mol. The monoisotopic (exact) mass is 244 g/mol. The summed E-state index contributed by atoms with van der Waals surface area (Å²) < 4.78 is 0. The van der Waals surface area contributed by atoms with E-state index in [1.165, 1.54) is 76.5 Å². The molecule has 0 N–H and O–H groups in total. The van der Waals surface area contributed by atoms with Crippen molar-refractivity contribution in [3.63, 3.8) is 0 Å². The van der Waals surface area contributed by atoms with Crippen LogP contribution in [-0.4, -0.2) is 19.0 Å². The standard InChI is InChI=1S/C15H33P/c1-4-6-8-9-10-11-12-13-15-16(3)14-7-5-2/h4-15H2,1-3H3. The van der Waals surface area contributed by atoms with Crippen LogP contribution in [0.1, 0.15) is 78.1 Å². The van der Waals surface area contributed by atoms with Gasteiger partial charge in [-0.3, -0.25) is 0 Å². The van der Waals surface area contributed by atoms with Crippen LogP contribution >= 0.6 is 7.92 Å². The second-order valence-electron chi connectivity index (χ2n) is 5.13. The number of hydrogen-bond donors (Lipinski definition) is 0. The van der Waals surface area contributed by atoms with Gasteiger partial charge in [-0.2, -0.15) is 0 Å². The quantitative estimate of drug-likeness (QED) is 0.290. The average Bonchev–Trinajstić information content (AvgIpc) is 2.30. The van der Waals surface area contributed by atoms with Gasteiger partial charge in [-0.25, -0.2) is 0 Å². The highest BCUT2D eigenvalue weighted by Gasteiger charge is 1.99. The summed E-state index contributed by atoms with van der Waals surface area (Å²) in [6.45, 7) is 7.09. The van der Waals surface area contributed by atoms with Crippen LogP contribution < -0.4 is 0 Å². The van der Waals surface area contributed by atoms with E-state index in [-0.39, 0.29) is 0 Å². The molecule has 0 amide bonds. The zero-order valence-corrected chi connectivity index (χ0v) is 12.8. The van der Waals surface area contributed by atoms with E-state index < -0.39 is 0 Å². The minimum absolute atomic E-state index is 0.383. The molecule has 0 radical (unpaired) electrons. The lowest BCUT2D eigenvalue weighted by Gasteiger charge is -2.10. The maximum atomic E-state index is 2.49. The van der Waals surface area contributed by atoms with Crippen LogP contribution in [0.5, 0.6) is 0 Å². The van der Waals surface area contributed by atoms with Crippen LogP contribution in [0.15, 0.2) is 0 Å².